The zero-order chi connectivity index (χ0) is 14.2. The Labute approximate surface area is 130 Å². The maximum atomic E-state index is 5.88. The molecule has 0 saturated heterocycles. The molecule has 1 aliphatic carbocycles. The van der Waals surface area contributed by atoms with Gasteiger partial charge in [0.1, 0.15) is 5.75 Å². The summed E-state index contributed by atoms with van der Waals surface area (Å²) in [6.45, 7) is 6.69. The van der Waals surface area contributed by atoms with E-state index in [0.29, 0.717) is 11.5 Å². The minimum Gasteiger partial charge on any atom is -0.493 e. The van der Waals surface area contributed by atoms with E-state index in [-0.39, 0.29) is 0 Å². The van der Waals surface area contributed by atoms with E-state index in [1.165, 1.54) is 24.8 Å². The van der Waals surface area contributed by atoms with Crippen LogP contribution < -0.4 is 10.1 Å². The van der Waals surface area contributed by atoms with E-state index in [0.717, 1.165) is 35.7 Å². The van der Waals surface area contributed by atoms with Crippen molar-refractivity contribution in [2.24, 2.45) is 11.3 Å². The first-order valence-corrected chi connectivity index (χ1v) is 8.56. The van der Waals surface area contributed by atoms with Gasteiger partial charge in [-0.2, -0.15) is 0 Å². The highest BCUT2D eigenvalue weighted by Crippen LogP contribution is 2.51. The molecule has 2 aliphatic rings. The van der Waals surface area contributed by atoms with Crippen molar-refractivity contribution in [3.8, 4) is 5.75 Å². The number of benzene rings is 1. The third kappa shape index (κ3) is 2.89. The molecule has 2 nitrogen and oxygen atoms in total. The second-order valence-electron chi connectivity index (χ2n) is 6.62. The number of halogens is 1. The first-order chi connectivity index (χ1) is 9.61. The lowest BCUT2D eigenvalue weighted by Gasteiger charge is -2.25. The van der Waals surface area contributed by atoms with Crippen molar-refractivity contribution < 1.29 is 4.74 Å². The number of rotatable bonds is 4. The molecular formula is C17H24BrNO. The molecule has 1 aromatic carbocycles. The quantitative estimate of drug-likeness (QED) is 0.860. The molecule has 110 valence electrons. The van der Waals surface area contributed by atoms with Gasteiger partial charge in [0.15, 0.2) is 0 Å². The largest absolute Gasteiger partial charge is 0.493 e. The number of hydrogen-bond acceptors (Lipinski definition) is 2. The zero-order valence-corrected chi connectivity index (χ0v) is 14.0. The summed E-state index contributed by atoms with van der Waals surface area (Å²) in [7, 11) is 0. The van der Waals surface area contributed by atoms with Crippen molar-refractivity contribution in [2.45, 2.75) is 45.6 Å². The zero-order valence-electron chi connectivity index (χ0n) is 12.4. The predicted octanol–water partition coefficient (Wildman–Crippen LogP) is 4.69. The molecule has 1 fully saturated rings. The highest BCUT2D eigenvalue weighted by Gasteiger charge is 2.45. The lowest BCUT2D eigenvalue weighted by Crippen LogP contribution is -2.30. The van der Waals surface area contributed by atoms with Crippen molar-refractivity contribution in [1.29, 1.82) is 0 Å². The van der Waals surface area contributed by atoms with Gasteiger partial charge in [-0.3, -0.25) is 0 Å². The van der Waals surface area contributed by atoms with Crippen LogP contribution in [0.4, 0.5) is 0 Å². The summed E-state index contributed by atoms with van der Waals surface area (Å²) in [6.07, 6.45) is 5.06. The van der Waals surface area contributed by atoms with Gasteiger partial charge in [0.25, 0.3) is 0 Å². The SMILES string of the molecule is CC(C)C1(CNC2CCCOc3cc(Br)ccc32)CC1. The molecule has 0 radical (unpaired) electrons. The fraction of sp³-hybridized carbons (Fsp3) is 0.647. The molecule has 1 unspecified atom stereocenters. The molecule has 1 heterocycles. The Balaban J connectivity index is 1.74. The van der Waals surface area contributed by atoms with Crippen molar-refractivity contribution >= 4 is 15.9 Å². The van der Waals surface area contributed by atoms with Crippen LogP contribution >= 0.6 is 15.9 Å². The van der Waals surface area contributed by atoms with E-state index in [1.54, 1.807) is 0 Å². The number of fused-ring (bicyclic) bond motifs is 1. The molecule has 3 rings (SSSR count). The standard InChI is InChI=1S/C17H24BrNO/c1-12(2)17(7-8-17)11-19-15-4-3-9-20-16-10-13(18)5-6-14(15)16/h5-6,10,12,15,19H,3-4,7-9,11H2,1-2H3. The highest BCUT2D eigenvalue weighted by atomic mass is 79.9. The van der Waals surface area contributed by atoms with E-state index in [4.69, 9.17) is 4.74 Å². The maximum Gasteiger partial charge on any atom is 0.125 e. The molecule has 1 N–H and O–H groups in total. The topological polar surface area (TPSA) is 21.3 Å². The number of hydrogen-bond donors (Lipinski definition) is 1. The van der Waals surface area contributed by atoms with Crippen LogP contribution in [0.2, 0.25) is 0 Å². The smallest absolute Gasteiger partial charge is 0.125 e. The monoisotopic (exact) mass is 337 g/mol. The van der Waals surface area contributed by atoms with Gasteiger partial charge in [0.05, 0.1) is 6.61 Å². The molecule has 0 aromatic heterocycles. The Kier molecular flexibility index (Phi) is 4.09. The molecule has 20 heavy (non-hydrogen) atoms. The van der Waals surface area contributed by atoms with Gasteiger partial charge >= 0.3 is 0 Å². The van der Waals surface area contributed by atoms with Crippen LogP contribution in [0.25, 0.3) is 0 Å². The molecular weight excluding hydrogens is 314 g/mol. The Morgan fingerprint density at radius 3 is 2.90 bits per heavy atom. The summed E-state index contributed by atoms with van der Waals surface area (Å²) in [5, 5.41) is 3.83. The molecule has 0 bridgehead atoms. The third-order valence-electron chi connectivity index (χ3n) is 5.06. The molecule has 1 saturated carbocycles. The maximum absolute atomic E-state index is 5.88. The average molecular weight is 338 g/mol. The summed E-state index contributed by atoms with van der Waals surface area (Å²) in [5.74, 6) is 1.82. The van der Waals surface area contributed by atoms with Crippen molar-refractivity contribution in [1.82, 2.24) is 5.32 Å². The molecule has 3 heteroatoms. The van der Waals surface area contributed by atoms with E-state index in [9.17, 15) is 0 Å². The van der Waals surface area contributed by atoms with Crippen LogP contribution in [0.5, 0.6) is 5.75 Å². The molecule has 1 atom stereocenters. The Morgan fingerprint density at radius 1 is 1.40 bits per heavy atom. The van der Waals surface area contributed by atoms with Gasteiger partial charge in [0.2, 0.25) is 0 Å². The first kappa shape index (κ1) is 14.4. The first-order valence-electron chi connectivity index (χ1n) is 7.76. The summed E-state index contributed by atoms with van der Waals surface area (Å²) in [4.78, 5) is 0. The average Bonchev–Trinajstić information content (AvgIpc) is 3.20. The van der Waals surface area contributed by atoms with E-state index >= 15 is 0 Å². The van der Waals surface area contributed by atoms with Crippen LogP contribution in [0.15, 0.2) is 22.7 Å². The van der Waals surface area contributed by atoms with E-state index in [2.05, 4.69) is 53.3 Å². The van der Waals surface area contributed by atoms with Gasteiger partial charge in [-0.15, -0.1) is 0 Å². The van der Waals surface area contributed by atoms with E-state index < -0.39 is 0 Å². The van der Waals surface area contributed by atoms with Crippen molar-refractivity contribution in [3.63, 3.8) is 0 Å². The molecule has 0 amide bonds. The normalized spacial score (nSPS) is 23.9. The van der Waals surface area contributed by atoms with Crippen LogP contribution in [0.1, 0.15) is 51.1 Å². The fourth-order valence-electron chi connectivity index (χ4n) is 3.20. The summed E-state index contributed by atoms with van der Waals surface area (Å²) < 4.78 is 6.98. The Bertz CT molecular complexity index is 482. The molecule has 1 aliphatic heterocycles. The Morgan fingerprint density at radius 2 is 2.20 bits per heavy atom. The third-order valence-corrected chi connectivity index (χ3v) is 5.56. The second-order valence-corrected chi connectivity index (χ2v) is 7.54. The highest BCUT2D eigenvalue weighted by molar-refractivity contribution is 9.10. The minimum atomic E-state index is 0.442. The van der Waals surface area contributed by atoms with E-state index in [1.807, 2.05) is 0 Å². The number of nitrogens with one attached hydrogen (secondary N) is 1. The summed E-state index contributed by atoms with van der Waals surface area (Å²) >= 11 is 3.54. The lowest BCUT2D eigenvalue weighted by molar-refractivity contribution is 0.306. The summed E-state index contributed by atoms with van der Waals surface area (Å²) in [6, 6.07) is 6.87. The van der Waals surface area contributed by atoms with Gasteiger partial charge in [0, 0.05) is 22.6 Å². The van der Waals surface area contributed by atoms with Gasteiger partial charge in [-0.25, -0.2) is 0 Å². The van der Waals surface area contributed by atoms with Crippen LogP contribution in [0.3, 0.4) is 0 Å². The van der Waals surface area contributed by atoms with Gasteiger partial charge in [-0.1, -0.05) is 35.8 Å². The van der Waals surface area contributed by atoms with Crippen LogP contribution in [0, 0.1) is 11.3 Å². The molecule has 1 aromatic rings. The van der Waals surface area contributed by atoms with Crippen LogP contribution in [-0.2, 0) is 0 Å². The number of ether oxygens (including phenoxy) is 1. The minimum absolute atomic E-state index is 0.442. The Hall–Kier alpha value is -0.540. The van der Waals surface area contributed by atoms with Gasteiger partial charge < -0.3 is 10.1 Å². The predicted molar refractivity (Wildman–Crippen MR) is 86.1 cm³/mol. The summed E-state index contributed by atoms with van der Waals surface area (Å²) in [5.41, 5.74) is 1.88. The lowest BCUT2D eigenvalue weighted by atomic mass is 9.91. The van der Waals surface area contributed by atoms with Gasteiger partial charge in [-0.05, 0) is 49.1 Å². The second kappa shape index (κ2) is 5.69. The van der Waals surface area contributed by atoms with Crippen molar-refractivity contribution in [3.05, 3.63) is 28.2 Å². The molecule has 0 spiro atoms. The van der Waals surface area contributed by atoms with Crippen molar-refractivity contribution in [2.75, 3.05) is 13.2 Å². The van der Waals surface area contributed by atoms with Crippen LogP contribution in [-0.4, -0.2) is 13.2 Å². The fourth-order valence-corrected chi connectivity index (χ4v) is 3.54.